The van der Waals surface area contributed by atoms with Crippen molar-refractivity contribution in [3.63, 3.8) is 0 Å². The Morgan fingerprint density at radius 1 is 1.31 bits per heavy atom. The Balaban J connectivity index is 2.14. The van der Waals surface area contributed by atoms with Gasteiger partial charge in [0.05, 0.1) is 5.92 Å². The van der Waals surface area contributed by atoms with Crippen molar-refractivity contribution in [2.24, 2.45) is 0 Å². The summed E-state index contributed by atoms with van der Waals surface area (Å²) in [4.78, 5) is 11.8. The van der Waals surface area contributed by atoms with Crippen LogP contribution in [0.4, 0.5) is 5.69 Å². The zero-order valence-electron chi connectivity index (χ0n) is 10.0. The molecule has 0 bridgehead atoms. The molecule has 3 heteroatoms. The van der Waals surface area contributed by atoms with E-state index in [0.29, 0.717) is 6.54 Å². The molecule has 2 rings (SSSR count). The second-order valence-electron chi connectivity index (χ2n) is 5.26. The molecule has 0 spiro atoms. The highest BCUT2D eigenvalue weighted by Gasteiger charge is 2.30. The Morgan fingerprint density at radius 2 is 2.00 bits per heavy atom. The molecule has 1 amide bonds. The van der Waals surface area contributed by atoms with Crippen molar-refractivity contribution in [3.05, 3.63) is 29.8 Å². The first-order valence-electron chi connectivity index (χ1n) is 5.62. The third-order valence-corrected chi connectivity index (χ3v) is 2.75. The van der Waals surface area contributed by atoms with E-state index in [9.17, 15) is 4.79 Å². The van der Waals surface area contributed by atoms with Crippen LogP contribution in [0.15, 0.2) is 24.3 Å². The maximum atomic E-state index is 11.8. The van der Waals surface area contributed by atoms with Crippen molar-refractivity contribution < 1.29 is 4.79 Å². The summed E-state index contributed by atoms with van der Waals surface area (Å²) in [6.45, 7) is 7.00. The van der Waals surface area contributed by atoms with Crippen LogP contribution >= 0.6 is 0 Å². The van der Waals surface area contributed by atoms with Gasteiger partial charge in [-0.25, -0.2) is 0 Å². The molecule has 16 heavy (non-hydrogen) atoms. The van der Waals surface area contributed by atoms with E-state index >= 15 is 0 Å². The number of amides is 1. The summed E-state index contributed by atoms with van der Waals surface area (Å²) in [7, 11) is 0. The molecule has 1 atom stereocenters. The zero-order valence-corrected chi connectivity index (χ0v) is 10.0. The van der Waals surface area contributed by atoms with Gasteiger partial charge < -0.3 is 10.6 Å². The summed E-state index contributed by atoms with van der Waals surface area (Å²) < 4.78 is 0. The zero-order chi connectivity index (χ0) is 11.8. The van der Waals surface area contributed by atoms with Gasteiger partial charge in [-0.3, -0.25) is 4.79 Å². The first-order valence-corrected chi connectivity index (χ1v) is 5.62. The number of fused-ring (bicyclic) bond motifs is 1. The molecule has 86 valence electrons. The quantitative estimate of drug-likeness (QED) is 0.798. The molecule has 1 aromatic carbocycles. The van der Waals surface area contributed by atoms with Crippen molar-refractivity contribution in [2.45, 2.75) is 32.2 Å². The highest BCUT2D eigenvalue weighted by atomic mass is 16.2. The molecule has 0 aromatic heterocycles. The number of rotatable bonds is 2. The molecular formula is C13H18N2O. The van der Waals surface area contributed by atoms with Crippen LogP contribution in [0.25, 0.3) is 0 Å². The summed E-state index contributed by atoms with van der Waals surface area (Å²) in [5.74, 6) is 0.0355. The lowest BCUT2D eigenvalue weighted by atomic mass is 9.99. The Hall–Kier alpha value is -1.35. The predicted molar refractivity (Wildman–Crippen MR) is 65.6 cm³/mol. The fraction of sp³-hybridized carbons (Fsp3) is 0.462. The molecule has 1 aromatic rings. The van der Waals surface area contributed by atoms with Gasteiger partial charge in [0, 0.05) is 17.8 Å². The molecule has 1 aliphatic heterocycles. The van der Waals surface area contributed by atoms with E-state index in [0.717, 1.165) is 11.3 Å². The SMILES string of the molecule is CC(C)(C)NCC1C(=O)Nc2ccccc21. The molecule has 0 fully saturated rings. The van der Waals surface area contributed by atoms with Gasteiger partial charge in [0.15, 0.2) is 0 Å². The van der Waals surface area contributed by atoms with E-state index < -0.39 is 0 Å². The van der Waals surface area contributed by atoms with Crippen LogP contribution < -0.4 is 10.6 Å². The molecule has 2 N–H and O–H groups in total. The molecule has 0 radical (unpaired) electrons. The Labute approximate surface area is 96.2 Å². The van der Waals surface area contributed by atoms with Gasteiger partial charge in [-0.1, -0.05) is 18.2 Å². The summed E-state index contributed by atoms with van der Waals surface area (Å²) in [6.07, 6.45) is 0. The van der Waals surface area contributed by atoms with Crippen LogP contribution in [0.3, 0.4) is 0 Å². The number of carbonyl (C=O) groups is 1. The summed E-state index contributed by atoms with van der Waals surface area (Å²) in [5.41, 5.74) is 2.09. The first kappa shape index (κ1) is 11.1. The van der Waals surface area contributed by atoms with Crippen molar-refractivity contribution in [1.29, 1.82) is 0 Å². The fourth-order valence-electron chi connectivity index (χ4n) is 1.89. The summed E-state index contributed by atoms with van der Waals surface area (Å²) in [6, 6.07) is 7.88. The van der Waals surface area contributed by atoms with Crippen molar-refractivity contribution >= 4 is 11.6 Å². The van der Waals surface area contributed by atoms with Crippen LogP contribution in [0.5, 0.6) is 0 Å². The third-order valence-electron chi connectivity index (χ3n) is 2.75. The lowest BCUT2D eigenvalue weighted by Crippen LogP contribution is -2.39. The lowest BCUT2D eigenvalue weighted by molar-refractivity contribution is -0.117. The molecule has 1 heterocycles. The van der Waals surface area contributed by atoms with Gasteiger partial charge in [-0.2, -0.15) is 0 Å². The van der Waals surface area contributed by atoms with E-state index in [-0.39, 0.29) is 17.4 Å². The van der Waals surface area contributed by atoms with Gasteiger partial charge in [-0.05, 0) is 32.4 Å². The predicted octanol–water partition coefficient (Wildman–Crippen LogP) is 2.11. The number of anilines is 1. The number of carbonyl (C=O) groups excluding carboxylic acids is 1. The van der Waals surface area contributed by atoms with Crippen LogP contribution in [-0.4, -0.2) is 18.0 Å². The van der Waals surface area contributed by atoms with Crippen LogP contribution in [0.1, 0.15) is 32.3 Å². The van der Waals surface area contributed by atoms with Gasteiger partial charge >= 0.3 is 0 Å². The number of hydrogen-bond acceptors (Lipinski definition) is 2. The van der Waals surface area contributed by atoms with Crippen LogP contribution in [0, 0.1) is 0 Å². The third kappa shape index (κ3) is 2.25. The maximum Gasteiger partial charge on any atom is 0.233 e. The maximum absolute atomic E-state index is 11.8. The topological polar surface area (TPSA) is 41.1 Å². The van der Waals surface area contributed by atoms with Gasteiger partial charge in [0.1, 0.15) is 0 Å². The smallest absolute Gasteiger partial charge is 0.233 e. The number of hydrogen-bond donors (Lipinski definition) is 2. The molecule has 1 aliphatic rings. The minimum Gasteiger partial charge on any atom is -0.325 e. The number of para-hydroxylation sites is 1. The number of nitrogens with one attached hydrogen (secondary N) is 2. The number of benzene rings is 1. The Kier molecular flexibility index (Phi) is 2.72. The second kappa shape index (κ2) is 3.91. The molecule has 1 unspecified atom stereocenters. The molecule has 3 nitrogen and oxygen atoms in total. The summed E-state index contributed by atoms with van der Waals surface area (Å²) >= 11 is 0. The van der Waals surface area contributed by atoms with Crippen LogP contribution in [-0.2, 0) is 4.79 Å². The Bertz CT molecular complexity index is 407. The average molecular weight is 218 g/mol. The summed E-state index contributed by atoms with van der Waals surface area (Å²) in [5, 5.41) is 6.28. The normalized spacial score (nSPS) is 19.4. The van der Waals surface area contributed by atoms with E-state index in [2.05, 4.69) is 31.4 Å². The van der Waals surface area contributed by atoms with Gasteiger partial charge in [-0.15, -0.1) is 0 Å². The highest BCUT2D eigenvalue weighted by Crippen LogP contribution is 2.31. The Morgan fingerprint density at radius 3 is 2.69 bits per heavy atom. The lowest BCUT2D eigenvalue weighted by Gasteiger charge is -2.22. The first-order chi connectivity index (χ1) is 7.47. The highest BCUT2D eigenvalue weighted by molar-refractivity contribution is 6.03. The van der Waals surface area contributed by atoms with Gasteiger partial charge in [0.2, 0.25) is 5.91 Å². The monoisotopic (exact) mass is 218 g/mol. The van der Waals surface area contributed by atoms with Crippen LogP contribution in [0.2, 0.25) is 0 Å². The molecule has 0 saturated heterocycles. The second-order valence-corrected chi connectivity index (χ2v) is 5.26. The van der Waals surface area contributed by atoms with Crippen molar-refractivity contribution in [1.82, 2.24) is 5.32 Å². The minimum absolute atomic E-state index is 0.0395. The molecule has 0 saturated carbocycles. The van der Waals surface area contributed by atoms with Crippen molar-refractivity contribution in [2.75, 3.05) is 11.9 Å². The van der Waals surface area contributed by atoms with E-state index in [1.807, 2.05) is 24.3 Å². The van der Waals surface area contributed by atoms with E-state index in [4.69, 9.17) is 0 Å². The van der Waals surface area contributed by atoms with Gasteiger partial charge in [0.25, 0.3) is 0 Å². The largest absolute Gasteiger partial charge is 0.325 e. The fourth-order valence-corrected chi connectivity index (χ4v) is 1.89. The van der Waals surface area contributed by atoms with E-state index in [1.54, 1.807) is 0 Å². The van der Waals surface area contributed by atoms with Crippen molar-refractivity contribution in [3.8, 4) is 0 Å². The minimum atomic E-state index is -0.0598. The molecule has 0 aliphatic carbocycles. The van der Waals surface area contributed by atoms with E-state index in [1.165, 1.54) is 0 Å². The standard InChI is InChI=1S/C13H18N2O/c1-13(2,3)14-8-10-9-6-4-5-7-11(9)15-12(10)16/h4-7,10,14H,8H2,1-3H3,(H,15,16). The molecular weight excluding hydrogens is 200 g/mol. The average Bonchev–Trinajstić information content (AvgIpc) is 2.49.